The Morgan fingerprint density at radius 1 is 1.35 bits per heavy atom. The van der Waals surface area contributed by atoms with Gasteiger partial charge in [-0.25, -0.2) is 0 Å². The van der Waals surface area contributed by atoms with E-state index in [-0.39, 0.29) is 25.4 Å². The van der Waals surface area contributed by atoms with Gasteiger partial charge in [0.15, 0.2) is 0 Å². The van der Waals surface area contributed by atoms with Crippen LogP contribution in [-0.4, -0.2) is 31.2 Å². The number of para-hydroxylation sites is 2. The summed E-state index contributed by atoms with van der Waals surface area (Å²) >= 11 is 0. The minimum Gasteiger partial charge on any atom is -0.368 e. The highest BCUT2D eigenvalue weighted by atomic mass is 19.4. The van der Waals surface area contributed by atoms with Gasteiger partial charge < -0.3 is 16.0 Å². The van der Waals surface area contributed by atoms with Crippen LogP contribution in [0.1, 0.15) is 12.8 Å². The van der Waals surface area contributed by atoms with E-state index < -0.39 is 18.6 Å². The summed E-state index contributed by atoms with van der Waals surface area (Å²) in [6.45, 7) is 0.417. The molecule has 1 aromatic carbocycles. The van der Waals surface area contributed by atoms with Crippen molar-refractivity contribution in [3.8, 4) is 0 Å². The number of hydrogen-bond donors (Lipinski definition) is 2. The van der Waals surface area contributed by atoms with Gasteiger partial charge in [0.25, 0.3) is 0 Å². The number of nitrogens with two attached hydrogens (primary N) is 1. The number of halogens is 3. The van der Waals surface area contributed by atoms with Crippen LogP contribution in [0.2, 0.25) is 0 Å². The Morgan fingerprint density at radius 3 is 2.75 bits per heavy atom. The number of rotatable bonds is 3. The van der Waals surface area contributed by atoms with Crippen molar-refractivity contribution in [2.75, 3.05) is 23.3 Å². The van der Waals surface area contributed by atoms with E-state index in [0.29, 0.717) is 11.4 Å². The second-order valence-electron chi connectivity index (χ2n) is 4.78. The van der Waals surface area contributed by atoms with Crippen LogP contribution in [0.25, 0.3) is 0 Å². The van der Waals surface area contributed by atoms with Gasteiger partial charge in [0, 0.05) is 19.5 Å². The zero-order valence-corrected chi connectivity index (χ0v) is 10.8. The number of carbonyl (C=O) groups excluding carboxylic acids is 1. The maximum Gasteiger partial charge on any atom is 0.389 e. The molecule has 1 atom stereocenters. The van der Waals surface area contributed by atoms with E-state index >= 15 is 0 Å². The Bertz CT molecular complexity index is 490. The van der Waals surface area contributed by atoms with Crippen molar-refractivity contribution in [3.63, 3.8) is 0 Å². The monoisotopic (exact) mass is 287 g/mol. The summed E-state index contributed by atoms with van der Waals surface area (Å²) in [5.74, 6) is -0.323. The molecule has 1 unspecified atom stereocenters. The Morgan fingerprint density at radius 2 is 2.05 bits per heavy atom. The second kappa shape index (κ2) is 5.70. The fourth-order valence-corrected chi connectivity index (χ4v) is 2.18. The van der Waals surface area contributed by atoms with E-state index in [2.05, 4.69) is 5.32 Å². The van der Waals surface area contributed by atoms with Gasteiger partial charge in [0.05, 0.1) is 11.4 Å². The molecule has 1 amide bonds. The van der Waals surface area contributed by atoms with Crippen LogP contribution in [0, 0.1) is 0 Å². The largest absolute Gasteiger partial charge is 0.389 e. The first-order valence-electron chi connectivity index (χ1n) is 6.34. The van der Waals surface area contributed by atoms with Crippen molar-refractivity contribution in [2.45, 2.75) is 25.1 Å². The highest BCUT2D eigenvalue weighted by Gasteiger charge is 2.28. The van der Waals surface area contributed by atoms with Gasteiger partial charge in [-0.1, -0.05) is 12.1 Å². The lowest BCUT2D eigenvalue weighted by atomic mass is 10.2. The van der Waals surface area contributed by atoms with Crippen molar-refractivity contribution < 1.29 is 18.0 Å². The molecule has 20 heavy (non-hydrogen) atoms. The molecule has 7 heteroatoms. The third kappa shape index (κ3) is 3.63. The molecule has 0 bridgehead atoms. The maximum atomic E-state index is 12.2. The quantitative estimate of drug-likeness (QED) is 0.895. The normalized spacial score (nSPS) is 19.3. The minimum absolute atomic E-state index is 0.0290. The molecule has 0 radical (unpaired) electrons. The molecule has 1 aliphatic heterocycles. The lowest BCUT2D eigenvalue weighted by Gasteiger charge is -2.25. The van der Waals surface area contributed by atoms with Crippen LogP contribution in [-0.2, 0) is 4.79 Å². The molecule has 2 rings (SSSR count). The zero-order valence-electron chi connectivity index (χ0n) is 10.8. The lowest BCUT2D eigenvalue weighted by Crippen LogP contribution is -2.43. The SMILES string of the molecule is NC1CN(CCCC(F)(F)F)c2ccccc2NC1=O. The molecule has 1 aliphatic rings. The topological polar surface area (TPSA) is 58.4 Å². The van der Waals surface area contributed by atoms with Crippen LogP contribution in [0.15, 0.2) is 24.3 Å². The predicted octanol–water partition coefficient (Wildman–Crippen LogP) is 2.11. The lowest BCUT2D eigenvalue weighted by molar-refractivity contribution is -0.135. The fraction of sp³-hybridized carbons (Fsp3) is 0.462. The number of carbonyl (C=O) groups is 1. The number of anilines is 2. The Kier molecular flexibility index (Phi) is 4.17. The van der Waals surface area contributed by atoms with Crippen LogP contribution in [0.5, 0.6) is 0 Å². The number of nitrogens with one attached hydrogen (secondary N) is 1. The summed E-state index contributed by atoms with van der Waals surface area (Å²) in [6, 6.07) is 6.25. The standard InChI is InChI=1S/C13H16F3N3O/c14-13(15,16)6-3-7-19-8-9(17)12(20)18-10-4-1-2-5-11(10)19/h1-2,4-5,9H,3,6-8,17H2,(H,18,20). The molecule has 1 heterocycles. The molecule has 3 N–H and O–H groups in total. The first-order valence-corrected chi connectivity index (χ1v) is 6.34. The van der Waals surface area contributed by atoms with Crippen molar-refractivity contribution in [1.29, 1.82) is 0 Å². The molecule has 0 aliphatic carbocycles. The molecule has 0 aromatic heterocycles. The summed E-state index contributed by atoms with van der Waals surface area (Å²) in [7, 11) is 0. The van der Waals surface area contributed by atoms with Crippen molar-refractivity contribution >= 4 is 17.3 Å². The predicted molar refractivity (Wildman–Crippen MR) is 70.5 cm³/mol. The molecule has 0 saturated carbocycles. The highest BCUT2D eigenvalue weighted by Crippen LogP contribution is 2.29. The van der Waals surface area contributed by atoms with Crippen LogP contribution in [0.4, 0.5) is 24.5 Å². The number of alkyl halides is 3. The van der Waals surface area contributed by atoms with Crippen molar-refractivity contribution in [1.82, 2.24) is 0 Å². The third-order valence-corrected chi connectivity index (χ3v) is 3.14. The van der Waals surface area contributed by atoms with E-state index in [1.165, 1.54) is 0 Å². The first kappa shape index (κ1) is 14.6. The van der Waals surface area contributed by atoms with Crippen LogP contribution >= 0.6 is 0 Å². The smallest absolute Gasteiger partial charge is 0.368 e. The Labute approximate surface area is 114 Å². The maximum absolute atomic E-state index is 12.2. The van der Waals surface area contributed by atoms with Gasteiger partial charge in [0.2, 0.25) is 5.91 Å². The fourth-order valence-electron chi connectivity index (χ4n) is 2.18. The second-order valence-corrected chi connectivity index (χ2v) is 4.78. The minimum atomic E-state index is -4.17. The van der Waals surface area contributed by atoms with E-state index in [1.54, 1.807) is 29.2 Å². The highest BCUT2D eigenvalue weighted by molar-refractivity contribution is 5.99. The molecule has 4 nitrogen and oxygen atoms in total. The summed E-state index contributed by atoms with van der Waals surface area (Å²) in [4.78, 5) is 13.4. The molecular formula is C13H16F3N3O. The van der Waals surface area contributed by atoms with Gasteiger partial charge in [-0.15, -0.1) is 0 Å². The average molecular weight is 287 g/mol. The number of benzene rings is 1. The molecule has 0 fully saturated rings. The van der Waals surface area contributed by atoms with Crippen LogP contribution in [0.3, 0.4) is 0 Å². The van der Waals surface area contributed by atoms with Crippen molar-refractivity contribution in [2.24, 2.45) is 5.73 Å². The average Bonchev–Trinajstić information content (AvgIpc) is 2.47. The molecule has 1 aromatic rings. The summed E-state index contributed by atoms with van der Waals surface area (Å²) in [5, 5.41) is 2.68. The molecule has 110 valence electrons. The van der Waals surface area contributed by atoms with E-state index in [9.17, 15) is 18.0 Å². The number of hydrogen-bond acceptors (Lipinski definition) is 3. The number of amides is 1. The van der Waals surface area contributed by atoms with E-state index in [4.69, 9.17) is 5.73 Å². The Balaban J connectivity index is 2.12. The zero-order chi connectivity index (χ0) is 14.8. The van der Waals surface area contributed by atoms with E-state index in [1.807, 2.05) is 0 Å². The van der Waals surface area contributed by atoms with Gasteiger partial charge in [-0.3, -0.25) is 4.79 Å². The van der Waals surface area contributed by atoms with Gasteiger partial charge in [-0.05, 0) is 18.6 Å². The summed E-state index contributed by atoms with van der Waals surface area (Å²) in [5.41, 5.74) is 7.02. The Hall–Kier alpha value is -1.76. The molecule has 0 spiro atoms. The number of fused-ring (bicyclic) bond motifs is 1. The van der Waals surface area contributed by atoms with Gasteiger partial charge in [-0.2, -0.15) is 13.2 Å². The van der Waals surface area contributed by atoms with Gasteiger partial charge in [0.1, 0.15) is 6.04 Å². The van der Waals surface area contributed by atoms with Crippen molar-refractivity contribution in [3.05, 3.63) is 24.3 Å². The van der Waals surface area contributed by atoms with Gasteiger partial charge >= 0.3 is 6.18 Å². The third-order valence-electron chi connectivity index (χ3n) is 3.14. The summed E-state index contributed by atoms with van der Waals surface area (Å²) in [6.07, 6.45) is -5.04. The molecular weight excluding hydrogens is 271 g/mol. The molecule has 0 saturated heterocycles. The first-order chi connectivity index (χ1) is 9.37. The number of nitrogens with zero attached hydrogens (tertiary/aromatic N) is 1. The van der Waals surface area contributed by atoms with E-state index in [0.717, 1.165) is 0 Å². The summed E-state index contributed by atoms with van der Waals surface area (Å²) < 4.78 is 36.6. The van der Waals surface area contributed by atoms with Crippen LogP contribution < -0.4 is 16.0 Å².